The van der Waals surface area contributed by atoms with Gasteiger partial charge in [-0.1, -0.05) is 74.6 Å². The highest BCUT2D eigenvalue weighted by molar-refractivity contribution is 7.13. The van der Waals surface area contributed by atoms with Gasteiger partial charge in [-0.2, -0.15) is 0 Å². The molecule has 1 heterocycles. The van der Waals surface area contributed by atoms with Crippen LogP contribution in [0.1, 0.15) is 66.7 Å². The summed E-state index contributed by atoms with van der Waals surface area (Å²) >= 11 is 8.08. The Bertz CT molecular complexity index is 1000. The number of hydrogen-bond acceptors (Lipinski definition) is 4. The topological polar surface area (TPSA) is 25.4 Å². The van der Waals surface area contributed by atoms with E-state index >= 15 is 0 Å². The summed E-state index contributed by atoms with van der Waals surface area (Å²) in [7, 11) is 0. The first kappa shape index (κ1) is 30.2. The number of nitrogens with zero attached hydrogens (tertiary/aromatic N) is 2. The Balaban J connectivity index is 3.57. The van der Waals surface area contributed by atoms with Crippen molar-refractivity contribution in [2.45, 2.75) is 72.3 Å². The Morgan fingerprint density at radius 2 is 1.94 bits per heavy atom. The summed E-state index contributed by atoms with van der Waals surface area (Å²) < 4.78 is 7.09. The van der Waals surface area contributed by atoms with E-state index in [0.717, 1.165) is 70.8 Å². The molecule has 1 aromatic rings. The smallest absolute Gasteiger partial charge is 0.186 e. The van der Waals surface area contributed by atoms with E-state index in [9.17, 15) is 0 Å². The maximum Gasteiger partial charge on any atom is 0.186 e. The van der Waals surface area contributed by atoms with Gasteiger partial charge in [0.05, 0.1) is 22.1 Å². The molecule has 0 bridgehead atoms. The standard InChI is InChI=1S/C29H43ClN2OS/c1-10-16-17-25(26(21-22(7)30)24(12-3)13-4)27-23(8)31-28(34-27)32(15-6)19-18-29(9,14-5)33-20-11-2/h11-12,14,21H,2-3,5,8,10,13,15-20H2,1,4,6-7,9H3/b22-21+,26-24-,27-25-. The van der Waals surface area contributed by atoms with Crippen molar-refractivity contribution in [3.8, 4) is 0 Å². The first-order valence-corrected chi connectivity index (χ1v) is 13.4. The number of ether oxygens (including phenoxy) is 1. The molecule has 1 unspecified atom stereocenters. The summed E-state index contributed by atoms with van der Waals surface area (Å²) in [5, 5.41) is 2.55. The lowest BCUT2D eigenvalue weighted by Crippen LogP contribution is -2.34. The second-order valence-corrected chi connectivity index (χ2v) is 10.1. The van der Waals surface area contributed by atoms with Gasteiger partial charge in [-0.05, 0) is 69.2 Å². The summed E-state index contributed by atoms with van der Waals surface area (Å²) in [6.07, 6.45) is 12.5. The molecule has 3 nitrogen and oxygen atoms in total. The Kier molecular flexibility index (Phi) is 13.5. The van der Waals surface area contributed by atoms with Crippen LogP contribution >= 0.6 is 22.9 Å². The Hall–Kier alpha value is -1.88. The summed E-state index contributed by atoms with van der Waals surface area (Å²) in [5.41, 5.74) is 3.19. The van der Waals surface area contributed by atoms with Crippen LogP contribution in [-0.4, -0.2) is 30.3 Å². The second-order valence-electron chi connectivity index (χ2n) is 8.53. The molecule has 34 heavy (non-hydrogen) atoms. The second kappa shape index (κ2) is 15.2. The van der Waals surface area contributed by atoms with Gasteiger partial charge in [-0.15, -0.1) is 13.2 Å². The van der Waals surface area contributed by atoms with E-state index in [-0.39, 0.29) is 0 Å². The fraction of sp³-hybridized carbons (Fsp3) is 0.483. The monoisotopic (exact) mass is 502 g/mol. The molecule has 0 radical (unpaired) electrons. The van der Waals surface area contributed by atoms with Crippen molar-refractivity contribution in [1.29, 1.82) is 0 Å². The minimum atomic E-state index is -0.411. The SMILES string of the molecule is C=CCOC(C)(C=C)CCN(CC)c1nc(=C)/c(=C(CCCC)/C(/C=C(\C)Cl)=C(/C=C)CC)s1. The van der Waals surface area contributed by atoms with E-state index in [4.69, 9.17) is 21.3 Å². The molecule has 0 N–H and O–H groups in total. The number of aromatic nitrogens is 1. The number of anilines is 1. The molecule has 0 fully saturated rings. The van der Waals surface area contributed by atoms with E-state index in [1.807, 2.05) is 19.1 Å². The molecule has 0 saturated heterocycles. The van der Waals surface area contributed by atoms with Crippen LogP contribution in [0.3, 0.4) is 0 Å². The minimum Gasteiger partial charge on any atom is -0.367 e. The number of halogens is 1. The third kappa shape index (κ3) is 8.72. The number of unbranched alkanes of at least 4 members (excludes halogenated alkanes) is 1. The largest absolute Gasteiger partial charge is 0.367 e. The minimum absolute atomic E-state index is 0.411. The summed E-state index contributed by atoms with van der Waals surface area (Å²) in [4.78, 5) is 7.19. The van der Waals surface area contributed by atoms with Gasteiger partial charge >= 0.3 is 0 Å². The van der Waals surface area contributed by atoms with Crippen LogP contribution in [0.2, 0.25) is 0 Å². The summed E-state index contributed by atoms with van der Waals surface area (Å²) in [5.74, 6) is 0. The highest BCUT2D eigenvalue weighted by Crippen LogP contribution is 2.28. The van der Waals surface area contributed by atoms with Crippen molar-refractivity contribution in [2.75, 3.05) is 24.6 Å². The highest BCUT2D eigenvalue weighted by Gasteiger charge is 2.22. The van der Waals surface area contributed by atoms with Gasteiger partial charge in [0.25, 0.3) is 0 Å². The van der Waals surface area contributed by atoms with Crippen molar-refractivity contribution in [3.05, 3.63) is 70.1 Å². The van der Waals surface area contributed by atoms with Crippen molar-refractivity contribution >= 4 is 40.2 Å². The molecule has 1 rings (SSSR count). The molecule has 0 aromatic carbocycles. The maximum absolute atomic E-state index is 6.36. The molecular formula is C29H43ClN2OS. The predicted molar refractivity (Wildman–Crippen MR) is 154 cm³/mol. The van der Waals surface area contributed by atoms with Gasteiger partial charge in [0.2, 0.25) is 0 Å². The lowest BCUT2D eigenvalue weighted by atomic mass is 9.94. The van der Waals surface area contributed by atoms with Gasteiger partial charge in [0, 0.05) is 18.1 Å². The van der Waals surface area contributed by atoms with Gasteiger partial charge in [-0.25, -0.2) is 4.98 Å². The fourth-order valence-corrected chi connectivity index (χ4v) is 4.98. The van der Waals surface area contributed by atoms with Gasteiger partial charge in [0.1, 0.15) is 0 Å². The molecule has 0 saturated carbocycles. The predicted octanol–water partition coefficient (Wildman–Crippen LogP) is 7.29. The quantitative estimate of drug-likeness (QED) is 0.175. The van der Waals surface area contributed by atoms with E-state index in [0.29, 0.717) is 6.61 Å². The first-order chi connectivity index (χ1) is 16.2. The number of hydrogen-bond donors (Lipinski definition) is 0. The fourth-order valence-electron chi connectivity index (χ4n) is 3.68. The summed E-state index contributed by atoms with van der Waals surface area (Å²) in [6.45, 7) is 28.8. The van der Waals surface area contributed by atoms with Crippen LogP contribution < -0.4 is 14.8 Å². The molecule has 0 amide bonds. The third-order valence-electron chi connectivity index (χ3n) is 5.88. The van der Waals surface area contributed by atoms with Crippen LogP contribution in [0.25, 0.3) is 12.2 Å². The Morgan fingerprint density at radius 3 is 2.44 bits per heavy atom. The van der Waals surface area contributed by atoms with Crippen molar-refractivity contribution in [1.82, 2.24) is 4.98 Å². The molecule has 1 aromatic heterocycles. The average Bonchev–Trinajstić information content (AvgIpc) is 3.19. The van der Waals surface area contributed by atoms with Crippen LogP contribution in [0.15, 0.2) is 60.2 Å². The van der Waals surface area contributed by atoms with E-state index in [2.05, 4.69) is 65.0 Å². The molecule has 0 aliphatic carbocycles. The normalized spacial score (nSPS) is 15.3. The van der Waals surface area contributed by atoms with Crippen LogP contribution in [0.4, 0.5) is 5.13 Å². The lowest BCUT2D eigenvalue weighted by Gasteiger charge is -2.29. The molecule has 0 aliphatic rings. The van der Waals surface area contributed by atoms with Gasteiger partial charge < -0.3 is 9.64 Å². The Morgan fingerprint density at radius 1 is 1.24 bits per heavy atom. The number of allylic oxidation sites excluding steroid dienone is 5. The Labute approximate surface area is 216 Å². The van der Waals surface area contributed by atoms with E-state index in [1.54, 1.807) is 17.4 Å². The number of thiazole rings is 1. The van der Waals surface area contributed by atoms with Crippen molar-refractivity contribution in [3.63, 3.8) is 0 Å². The van der Waals surface area contributed by atoms with Crippen LogP contribution in [0, 0.1) is 0 Å². The third-order valence-corrected chi connectivity index (χ3v) is 7.20. The van der Waals surface area contributed by atoms with Gasteiger partial charge in [0.15, 0.2) is 5.13 Å². The number of rotatable bonds is 16. The first-order valence-electron chi connectivity index (χ1n) is 12.2. The van der Waals surface area contributed by atoms with Crippen molar-refractivity contribution < 1.29 is 4.74 Å². The molecule has 1 atom stereocenters. The van der Waals surface area contributed by atoms with E-state index < -0.39 is 5.60 Å². The van der Waals surface area contributed by atoms with Crippen molar-refractivity contribution in [2.24, 2.45) is 0 Å². The molecule has 5 heteroatoms. The zero-order valence-electron chi connectivity index (χ0n) is 21.9. The zero-order valence-corrected chi connectivity index (χ0v) is 23.5. The molecule has 188 valence electrons. The maximum atomic E-state index is 6.36. The lowest BCUT2D eigenvalue weighted by molar-refractivity contribution is 0.0190. The summed E-state index contributed by atoms with van der Waals surface area (Å²) in [6, 6.07) is 0. The highest BCUT2D eigenvalue weighted by atomic mass is 35.5. The molecular weight excluding hydrogens is 460 g/mol. The van der Waals surface area contributed by atoms with E-state index in [1.165, 1.54) is 11.1 Å². The average molecular weight is 503 g/mol. The van der Waals surface area contributed by atoms with Crippen LogP contribution in [0.5, 0.6) is 0 Å². The van der Waals surface area contributed by atoms with Gasteiger partial charge in [-0.3, -0.25) is 0 Å². The zero-order chi connectivity index (χ0) is 25.7. The molecule has 0 spiro atoms. The molecule has 0 aliphatic heterocycles. The van der Waals surface area contributed by atoms with Crippen LogP contribution in [-0.2, 0) is 4.74 Å².